The van der Waals surface area contributed by atoms with E-state index >= 15 is 0 Å². The van der Waals surface area contributed by atoms with E-state index in [-0.39, 0.29) is 0 Å². The monoisotopic (exact) mass is 654 g/mol. The van der Waals surface area contributed by atoms with Gasteiger partial charge in [0.15, 0.2) is 0 Å². The Balaban J connectivity index is 2.49. The van der Waals surface area contributed by atoms with Gasteiger partial charge in [-0.15, -0.1) is 0 Å². The molecule has 4 aliphatic rings. The van der Waals surface area contributed by atoms with Gasteiger partial charge in [-0.3, -0.25) is 4.74 Å². The normalized spacial score (nSPS) is 40.8. The molecule has 0 heterocycles. The molecule has 0 aromatic heterocycles. The van der Waals surface area contributed by atoms with Gasteiger partial charge in [-0.25, -0.2) is 17.9 Å². The molecule has 236 valence electrons. The van der Waals surface area contributed by atoms with Crippen LogP contribution in [0.1, 0.15) is 0 Å². The molecule has 0 atom stereocenters. The summed E-state index contributed by atoms with van der Waals surface area (Å²) in [5.74, 6) is -52.1. The van der Waals surface area contributed by atoms with Crippen LogP contribution < -0.4 is 0 Å². The van der Waals surface area contributed by atoms with Crippen molar-refractivity contribution in [2.75, 3.05) is 0 Å². The average Bonchev–Trinajstić information content (AvgIpc) is 2.69. The first-order valence-corrected chi connectivity index (χ1v) is 8.89. The van der Waals surface area contributed by atoms with Crippen molar-refractivity contribution in [3.63, 3.8) is 0 Å². The first-order chi connectivity index (χ1) is 16.9. The van der Waals surface area contributed by atoms with Crippen LogP contribution in [-0.2, 0) is 9.47 Å². The van der Waals surface area contributed by atoms with Crippen LogP contribution in [0.25, 0.3) is 0 Å². The third-order valence-corrected chi connectivity index (χ3v) is 6.45. The molecule has 26 heteroatoms. The fourth-order valence-electron chi connectivity index (χ4n) is 4.53. The topological polar surface area (TPSA) is 38.7 Å². The average molecular weight is 654 g/mol. The molecule has 0 unspecified atom stereocenters. The second kappa shape index (κ2) is 6.90. The predicted molar refractivity (Wildman–Crippen MR) is 68.1 cm³/mol. The molecule has 4 rings (SSSR count). The van der Waals surface area contributed by atoms with Gasteiger partial charge in [0.05, 0.1) is 0 Å². The van der Waals surface area contributed by atoms with E-state index < -0.39 is 82.6 Å². The van der Waals surface area contributed by atoms with Gasteiger partial charge < -0.3 is 5.11 Å². The zero-order valence-electron chi connectivity index (χ0n) is 17.0. The summed E-state index contributed by atoms with van der Waals surface area (Å²) in [4.78, 5) is 0. The fraction of sp³-hybridized carbons (Fsp3) is 1.00. The standard InChI is InChI=1S/C14HF23O3/c15-1-5(18,19)2(16)7(22,23)3(17,6(1,20)21)10(28,29)4(8(1,24)25,9(2,26)27)39-13(34,35)14(36,37)40-12(32,33)11(30,31)38/h38H. The molecular weight excluding hydrogens is 653 g/mol. The van der Waals surface area contributed by atoms with Crippen LogP contribution in [0.4, 0.5) is 101 Å². The summed E-state index contributed by atoms with van der Waals surface area (Å²) in [6.07, 6.45) is -31.2. The maximum atomic E-state index is 14.8. The maximum absolute atomic E-state index is 14.8. The number of rotatable bonds is 6. The molecule has 0 spiro atoms. The van der Waals surface area contributed by atoms with E-state index in [1.165, 1.54) is 9.47 Å². The zero-order chi connectivity index (χ0) is 32.4. The Kier molecular flexibility index (Phi) is 5.66. The van der Waals surface area contributed by atoms with Gasteiger partial charge in [-0.1, -0.05) is 0 Å². The largest absolute Gasteiger partial charge is 0.453 e. The lowest BCUT2D eigenvalue weighted by atomic mass is 9.40. The summed E-state index contributed by atoms with van der Waals surface area (Å²) < 4.78 is 325. The van der Waals surface area contributed by atoms with Crippen LogP contribution in [0.15, 0.2) is 0 Å². The van der Waals surface area contributed by atoms with Crippen molar-refractivity contribution >= 4 is 0 Å². The second-order valence-electron chi connectivity index (χ2n) is 8.40. The lowest BCUT2D eigenvalue weighted by Gasteiger charge is -2.74. The summed E-state index contributed by atoms with van der Waals surface area (Å²) in [5.41, 5.74) is -34.5. The van der Waals surface area contributed by atoms with Crippen molar-refractivity contribution in [2.24, 2.45) is 0 Å². The van der Waals surface area contributed by atoms with Gasteiger partial charge >= 0.3 is 77.0 Å². The number of alkyl halides is 23. The van der Waals surface area contributed by atoms with Crippen LogP contribution in [-0.4, -0.2) is 87.7 Å². The summed E-state index contributed by atoms with van der Waals surface area (Å²) in [6, 6.07) is 0. The number of ether oxygens (including phenoxy) is 2. The Hall–Kier alpha value is -1.73. The highest BCUT2D eigenvalue weighted by atomic mass is 19.4. The second-order valence-corrected chi connectivity index (χ2v) is 8.40. The van der Waals surface area contributed by atoms with E-state index in [0.29, 0.717) is 0 Å². The number of aliphatic hydroxyl groups is 1. The van der Waals surface area contributed by atoms with Crippen molar-refractivity contribution < 1.29 is 116 Å². The third-order valence-electron chi connectivity index (χ3n) is 6.45. The van der Waals surface area contributed by atoms with E-state index in [1.807, 2.05) is 0 Å². The molecule has 4 bridgehead atoms. The SMILES string of the molecule is OC(F)(F)C(F)(F)OC(F)(F)C(F)(F)OC12C(F)(F)C3(F)C(F)(F)C(F)(C(F)(F)C(F)(C3(F)F)C1(F)F)C2(F)F. The smallest absolute Gasteiger partial charge is 0.329 e. The Morgan fingerprint density at radius 1 is 0.375 bits per heavy atom. The number of hydrogen-bond acceptors (Lipinski definition) is 3. The summed E-state index contributed by atoms with van der Waals surface area (Å²) in [7, 11) is 0. The highest BCUT2D eigenvalue weighted by Crippen LogP contribution is 2.89. The molecule has 0 aromatic carbocycles. The van der Waals surface area contributed by atoms with Gasteiger partial charge in [0, 0.05) is 0 Å². The molecule has 0 aliphatic heterocycles. The van der Waals surface area contributed by atoms with Crippen LogP contribution in [0, 0.1) is 0 Å². The molecule has 4 aliphatic carbocycles. The van der Waals surface area contributed by atoms with Gasteiger partial charge in [-0.05, 0) is 0 Å². The van der Waals surface area contributed by atoms with Crippen molar-refractivity contribution in [3.8, 4) is 0 Å². The molecule has 4 fully saturated rings. The number of hydrogen-bond donors (Lipinski definition) is 1. The highest BCUT2D eigenvalue weighted by Gasteiger charge is 3.23. The molecule has 1 N–H and O–H groups in total. The Morgan fingerprint density at radius 3 is 0.850 bits per heavy atom. The van der Waals surface area contributed by atoms with Crippen LogP contribution in [0.2, 0.25) is 0 Å². The van der Waals surface area contributed by atoms with E-state index in [4.69, 9.17) is 5.11 Å². The molecule has 4 saturated carbocycles. The maximum Gasteiger partial charge on any atom is 0.453 e. The molecule has 40 heavy (non-hydrogen) atoms. The third kappa shape index (κ3) is 2.43. The van der Waals surface area contributed by atoms with Crippen molar-refractivity contribution in [1.82, 2.24) is 0 Å². The molecule has 0 saturated heterocycles. The molecule has 0 aromatic rings. The molecular formula is C14HF23O3. The van der Waals surface area contributed by atoms with E-state index in [9.17, 15) is 101 Å². The van der Waals surface area contributed by atoms with Crippen molar-refractivity contribution in [2.45, 2.75) is 82.6 Å². The minimum absolute atomic E-state index is 1.27. The zero-order valence-corrected chi connectivity index (χ0v) is 17.0. The Labute approximate surface area is 199 Å². The van der Waals surface area contributed by atoms with Gasteiger partial charge in [0.25, 0.3) is 5.60 Å². The van der Waals surface area contributed by atoms with Crippen molar-refractivity contribution in [3.05, 3.63) is 0 Å². The first kappa shape index (κ1) is 32.8. The Bertz CT molecular complexity index is 991. The van der Waals surface area contributed by atoms with Gasteiger partial charge in [0.1, 0.15) is 0 Å². The molecule has 0 amide bonds. The summed E-state index contributed by atoms with van der Waals surface area (Å²) in [6.45, 7) is 0. The van der Waals surface area contributed by atoms with E-state index in [2.05, 4.69) is 0 Å². The summed E-state index contributed by atoms with van der Waals surface area (Å²) >= 11 is 0. The minimum atomic E-state index is -8.83. The van der Waals surface area contributed by atoms with Crippen LogP contribution in [0.5, 0.6) is 0 Å². The van der Waals surface area contributed by atoms with Gasteiger partial charge in [0.2, 0.25) is 0 Å². The predicted octanol–water partition coefficient (Wildman–Crippen LogP) is 6.10. The molecule has 3 nitrogen and oxygen atoms in total. The van der Waals surface area contributed by atoms with Gasteiger partial charge in [-0.2, -0.15) is 87.8 Å². The van der Waals surface area contributed by atoms with E-state index in [0.717, 1.165) is 0 Å². The lowest BCUT2D eigenvalue weighted by Crippen LogP contribution is -3.10. The van der Waals surface area contributed by atoms with Crippen LogP contribution >= 0.6 is 0 Å². The number of halogens is 23. The lowest BCUT2D eigenvalue weighted by molar-refractivity contribution is -0.640. The molecule has 0 radical (unpaired) electrons. The Morgan fingerprint density at radius 2 is 0.625 bits per heavy atom. The highest BCUT2D eigenvalue weighted by molar-refractivity contribution is 5.54. The summed E-state index contributed by atoms with van der Waals surface area (Å²) in [5, 5.41) is 7.61. The minimum Gasteiger partial charge on any atom is -0.329 e. The van der Waals surface area contributed by atoms with Crippen LogP contribution in [0.3, 0.4) is 0 Å². The van der Waals surface area contributed by atoms with E-state index in [1.54, 1.807) is 0 Å². The van der Waals surface area contributed by atoms with Crippen molar-refractivity contribution in [1.29, 1.82) is 0 Å². The fourth-order valence-corrected chi connectivity index (χ4v) is 4.53. The first-order valence-electron chi connectivity index (χ1n) is 8.89. The quantitative estimate of drug-likeness (QED) is 0.353.